The maximum absolute atomic E-state index is 4.95. The van der Waals surface area contributed by atoms with Gasteiger partial charge in [0.15, 0.2) is 0 Å². The molecule has 1 aromatic carbocycles. The quantitative estimate of drug-likeness (QED) is 0.938. The molecule has 1 atom stereocenters. The number of anilines is 1. The van der Waals surface area contributed by atoms with Gasteiger partial charge in [0.25, 0.3) is 0 Å². The molecule has 1 unspecified atom stereocenters. The number of nitrogens with one attached hydrogen (secondary N) is 1. The highest BCUT2D eigenvalue weighted by Crippen LogP contribution is 2.29. The van der Waals surface area contributed by atoms with Gasteiger partial charge in [0.1, 0.15) is 5.82 Å². The van der Waals surface area contributed by atoms with E-state index in [1.54, 1.807) is 0 Å². The van der Waals surface area contributed by atoms with Crippen molar-refractivity contribution in [2.75, 3.05) is 30.3 Å². The van der Waals surface area contributed by atoms with E-state index in [2.05, 4.69) is 66.2 Å². The van der Waals surface area contributed by atoms with Crippen LogP contribution in [0.4, 0.5) is 5.82 Å². The van der Waals surface area contributed by atoms with Crippen molar-refractivity contribution in [3.05, 3.63) is 36.0 Å². The van der Waals surface area contributed by atoms with E-state index in [0.717, 1.165) is 37.7 Å². The molecule has 1 saturated heterocycles. The highest BCUT2D eigenvalue weighted by molar-refractivity contribution is 8.00. The van der Waals surface area contributed by atoms with Crippen LogP contribution in [0.1, 0.15) is 19.5 Å². The number of hydrogen-bond acceptors (Lipinski definition) is 4. The number of rotatable bonds is 4. The lowest BCUT2D eigenvalue weighted by Gasteiger charge is -2.32. The van der Waals surface area contributed by atoms with E-state index in [1.165, 1.54) is 16.5 Å². The third-order valence-electron chi connectivity index (χ3n) is 3.87. The molecule has 1 aliphatic heterocycles. The van der Waals surface area contributed by atoms with Gasteiger partial charge in [-0.25, -0.2) is 4.98 Å². The zero-order valence-corrected chi connectivity index (χ0v) is 13.6. The van der Waals surface area contributed by atoms with Gasteiger partial charge in [-0.15, -0.1) is 0 Å². The number of benzene rings is 1. The van der Waals surface area contributed by atoms with Gasteiger partial charge in [0.2, 0.25) is 0 Å². The van der Waals surface area contributed by atoms with E-state index in [4.69, 9.17) is 4.98 Å². The average Bonchev–Trinajstić information content (AvgIpc) is 2.52. The molecule has 0 amide bonds. The van der Waals surface area contributed by atoms with E-state index in [9.17, 15) is 0 Å². The van der Waals surface area contributed by atoms with Gasteiger partial charge in [-0.05, 0) is 18.0 Å². The Kier molecular flexibility index (Phi) is 4.66. The molecule has 1 N–H and O–H groups in total. The van der Waals surface area contributed by atoms with E-state index in [1.807, 2.05) is 0 Å². The van der Waals surface area contributed by atoms with Crippen molar-refractivity contribution in [2.24, 2.45) is 0 Å². The topological polar surface area (TPSA) is 28.2 Å². The van der Waals surface area contributed by atoms with Gasteiger partial charge in [0.05, 0.1) is 5.69 Å². The average molecular weight is 301 g/mol. The van der Waals surface area contributed by atoms with Crippen LogP contribution in [0.5, 0.6) is 0 Å². The lowest BCUT2D eigenvalue weighted by molar-refractivity contribution is 0.706. The smallest absolute Gasteiger partial charge is 0.136 e. The van der Waals surface area contributed by atoms with Crippen LogP contribution in [0.3, 0.4) is 0 Å². The number of pyridine rings is 1. The standard InChI is InChI=1S/C17H23N3S/c1-3-18-11-15-10-14-6-4-5-7-16(14)17(19-15)20-8-9-21-13(2)12-20/h4-7,10,13,18H,3,8-9,11-12H2,1-2H3. The van der Waals surface area contributed by atoms with Crippen LogP contribution >= 0.6 is 11.8 Å². The first-order chi connectivity index (χ1) is 10.3. The summed E-state index contributed by atoms with van der Waals surface area (Å²) in [5.41, 5.74) is 1.14. The van der Waals surface area contributed by atoms with Crippen LogP contribution in [0, 0.1) is 0 Å². The number of hydrogen-bond donors (Lipinski definition) is 1. The van der Waals surface area contributed by atoms with Gasteiger partial charge in [-0.3, -0.25) is 0 Å². The number of thioether (sulfide) groups is 1. The molecule has 0 bridgehead atoms. The zero-order valence-electron chi connectivity index (χ0n) is 12.8. The highest BCUT2D eigenvalue weighted by Gasteiger charge is 2.20. The van der Waals surface area contributed by atoms with Crippen LogP contribution < -0.4 is 10.2 Å². The fraction of sp³-hybridized carbons (Fsp3) is 0.471. The summed E-state index contributed by atoms with van der Waals surface area (Å²) in [4.78, 5) is 7.41. The molecular weight excluding hydrogens is 278 g/mol. The second-order valence-corrected chi connectivity index (χ2v) is 7.11. The van der Waals surface area contributed by atoms with Crippen molar-refractivity contribution in [1.29, 1.82) is 0 Å². The predicted molar refractivity (Wildman–Crippen MR) is 93.3 cm³/mol. The molecule has 3 nitrogen and oxygen atoms in total. The van der Waals surface area contributed by atoms with Gasteiger partial charge in [0, 0.05) is 36.0 Å². The van der Waals surface area contributed by atoms with Crippen molar-refractivity contribution < 1.29 is 0 Å². The number of aromatic nitrogens is 1. The molecule has 1 fully saturated rings. The minimum atomic E-state index is 0.678. The molecule has 4 heteroatoms. The summed E-state index contributed by atoms with van der Waals surface area (Å²) in [6.07, 6.45) is 0. The SMILES string of the molecule is CCNCc1cc2ccccc2c(N2CCSC(C)C2)n1. The van der Waals surface area contributed by atoms with Crippen LogP contribution in [0.25, 0.3) is 10.8 Å². The molecule has 112 valence electrons. The summed E-state index contributed by atoms with van der Waals surface area (Å²) in [5.74, 6) is 2.35. The van der Waals surface area contributed by atoms with Gasteiger partial charge in [-0.2, -0.15) is 11.8 Å². The van der Waals surface area contributed by atoms with Crippen LogP contribution in [-0.4, -0.2) is 35.6 Å². The molecule has 2 heterocycles. The van der Waals surface area contributed by atoms with Crippen LogP contribution in [0.2, 0.25) is 0 Å². The lowest BCUT2D eigenvalue weighted by atomic mass is 10.1. The van der Waals surface area contributed by atoms with E-state index >= 15 is 0 Å². The Morgan fingerprint density at radius 1 is 1.38 bits per heavy atom. The van der Waals surface area contributed by atoms with E-state index in [-0.39, 0.29) is 0 Å². The van der Waals surface area contributed by atoms with E-state index < -0.39 is 0 Å². The predicted octanol–water partition coefficient (Wildman–Crippen LogP) is 3.29. The minimum Gasteiger partial charge on any atom is -0.354 e. The summed E-state index contributed by atoms with van der Waals surface area (Å²) < 4.78 is 0. The Bertz CT molecular complexity index is 614. The molecule has 1 aromatic heterocycles. The Morgan fingerprint density at radius 2 is 2.24 bits per heavy atom. The Hall–Kier alpha value is -1.26. The summed E-state index contributed by atoms with van der Waals surface area (Å²) in [6.45, 7) is 8.43. The summed E-state index contributed by atoms with van der Waals surface area (Å²) >= 11 is 2.06. The third-order valence-corrected chi connectivity index (χ3v) is 5.01. The molecule has 0 saturated carbocycles. The Morgan fingerprint density at radius 3 is 3.05 bits per heavy atom. The summed E-state index contributed by atoms with van der Waals surface area (Å²) in [7, 11) is 0. The van der Waals surface area contributed by atoms with Gasteiger partial charge in [-0.1, -0.05) is 38.1 Å². The summed E-state index contributed by atoms with van der Waals surface area (Å²) in [6, 6.07) is 10.8. The minimum absolute atomic E-state index is 0.678. The second-order valence-electron chi connectivity index (χ2n) is 5.57. The maximum Gasteiger partial charge on any atom is 0.136 e. The normalized spacial score (nSPS) is 19.1. The van der Waals surface area contributed by atoms with Crippen molar-refractivity contribution >= 4 is 28.4 Å². The first-order valence-corrected chi connectivity index (χ1v) is 8.78. The monoisotopic (exact) mass is 301 g/mol. The van der Waals surface area contributed by atoms with Crippen molar-refractivity contribution in [3.8, 4) is 0 Å². The fourth-order valence-electron chi connectivity index (χ4n) is 2.83. The van der Waals surface area contributed by atoms with Crippen LogP contribution in [-0.2, 0) is 6.54 Å². The highest BCUT2D eigenvalue weighted by atomic mass is 32.2. The fourth-order valence-corrected chi connectivity index (χ4v) is 3.84. The van der Waals surface area contributed by atoms with Crippen LogP contribution in [0.15, 0.2) is 30.3 Å². The molecule has 3 rings (SSSR count). The first kappa shape index (κ1) is 14.7. The Labute approximate surface area is 131 Å². The molecule has 0 spiro atoms. The molecule has 0 radical (unpaired) electrons. The number of nitrogens with zero attached hydrogens (tertiary/aromatic N) is 2. The first-order valence-electron chi connectivity index (χ1n) is 7.74. The largest absolute Gasteiger partial charge is 0.354 e. The third kappa shape index (κ3) is 3.33. The second kappa shape index (κ2) is 6.67. The molecule has 1 aliphatic rings. The zero-order chi connectivity index (χ0) is 14.7. The van der Waals surface area contributed by atoms with Gasteiger partial charge < -0.3 is 10.2 Å². The van der Waals surface area contributed by atoms with E-state index in [0.29, 0.717) is 5.25 Å². The maximum atomic E-state index is 4.95. The molecule has 2 aromatic rings. The lowest BCUT2D eigenvalue weighted by Crippen LogP contribution is -2.37. The molecular formula is C17H23N3S. The molecule has 21 heavy (non-hydrogen) atoms. The Balaban J connectivity index is 2.01. The van der Waals surface area contributed by atoms with Crippen molar-refractivity contribution in [2.45, 2.75) is 25.6 Å². The summed E-state index contributed by atoms with van der Waals surface area (Å²) in [5, 5.41) is 6.63. The van der Waals surface area contributed by atoms with Crippen molar-refractivity contribution in [1.82, 2.24) is 10.3 Å². The van der Waals surface area contributed by atoms with Gasteiger partial charge >= 0.3 is 0 Å². The molecule has 0 aliphatic carbocycles. The van der Waals surface area contributed by atoms with Crippen molar-refractivity contribution in [3.63, 3.8) is 0 Å². The number of fused-ring (bicyclic) bond motifs is 1.